The lowest BCUT2D eigenvalue weighted by molar-refractivity contribution is 0.377. The molecule has 0 aromatic rings. The number of rotatable bonds is 1. The van der Waals surface area contributed by atoms with Gasteiger partial charge in [-0.25, -0.2) is 0 Å². The van der Waals surface area contributed by atoms with Crippen LogP contribution in [0.1, 0.15) is 25.7 Å². The molecule has 0 aliphatic heterocycles. The van der Waals surface area contributed by atoms with Gasteiger partial charge in [0.2, 0.25) is 0 Å². The Labute approximate surface area is 56.8 Å². The van der Waals surface area contributed by atoms with Crippen molar-refractivity contribution in [1.29, 1.82) is 0 Å². The van der Waals surface area contributed by atoms with Gasteiger partial charge in [0.05, 0.1) is 0 Å². The second-order valence-electron chi connectivity index (χ2n) is 2.79. The molecule has 1 saturated carbocycles. The summed E-state index contributed by atoms with van der Waals surface area (Å²) >= 11 is 0. The van der Waals surface area contributed by atoms with E-state index in [0.29, 0.717) is 6.04 Å². The standard InChI is InChI=1S/C7H15N2/c1-9-7-5-3-2-4-6(7)8/h6-9H,2-5H2,1H3/q-1/t6-,7+/m1/s1. The summed E-state index contributed by atoms with van der Waals surface area (Å²) in [5.41, 5.74) is 7.57. The molecule has 0 heterocycles. The van der Waals surface area contributed by atoms with Crippen molar-refractivity contribution in [3.8, 4) is 0 Å². The number of nitrogens with one attached hydrogen (secondary N) is 2. The fourth-order valence-corrected chi connectivity index (χ4v) is 1.48. The molecule has 9 heavy (non-hydrogen) atoms. The summed E-state index contributed by atoms with van der Waals surface area (Å²) < 4.78 is 0. The van der Waals surface area contributed by atoms with E-state index in [-0.39, 0.29) is 6.04 Å². The van der Waals surface area contributed by atoms with Crippen LogP contribution in [0.4, 0.5) is 0 Å². The smallest absolute Gasteiger partial charge is 0.00978 e. The minimum absolute atomic E-state index is 0.156. The van der Waals surface area contributed by atoms with E-state index in [1.54, 1.807) is 0 Å². The van der Waals surface area contributed by atoms with Crippen molar-refractivity contribution in [1.82, 2.24) is 5.32 Å². The molecular weight excluding hydrogens is 112 g/mol. The molecule has 0 saturated heterocycles. The maximum atomic E-state index is 7.57. The van der Waals surface area contributed by atoms with Gasteiger partial charge in [-0.3, -0.25) is 0 Å². The van der Waals surface area contributed by atoms with Gasteiger partial charge in [0, 0.05) is 0 Å². The predicted octanol–water partition coefficient (Wildman–Crippen LogP) is 1.57. The lowest BCUT2D eigenvalue weighted by Crippen LogP contribution is -2.37. The molecule has 0 bridgehead atoms. The lowest BCUT2D eigenvalue weighted by Gasteiger charge is -2.34. The Hall–Kier alpha value is -0.0800. The molecule has 0 aromatic heterocycles. The van der Waals surface area contributed by atoms with Gasteiger partial charge >= 0.3 is 0 Å². The van der Waals surface area contributed by atoms with Crippen LogP contribution >= 0.6 is 0 Å². The highest BCUT2D eigenvalue weighted by Gasteiger charge is 2.13. The molecule has 0 unspecified atom stereocenters. The Bertz CT molecular complexity index is 83.0. The van der Waals surface area contributed by atoms with Gasteiger partial charge in [-0.1, -0.05) is 19.3 Å². The third-order valence-corrected chi connectivity index (χ3v) is 2.14. The molecule has 2 heteroatoms. The Morgan fingerprint density at radius 2 is 2.00 bits per heavy atom. The van der Waals surface area contributed by atoms with E-state index in [1.807, 2.05) is 7.05 Å². The van der Waals surface area contributed by atoms with Gasteiger partial charge in [-0.2, -0.15) is 0 Å². The van der Waals surface area contributed by atoms with Crippen molar-refractivity contribution in [3.63, 3.8) is 0 Å². The zero-order valence-electron chi connectivity index (χ0n) is 5.98. The molecule has 1 aliphatic rings. The molecule has 2 N–H and O–H groups in total. The molecule has 54 valence electrons. The average molecular weight is 127 g/mol. The predicted molar refractivity (Wildman–Crippen MR) is 39.4 cm³/mol. The third-order valence-electron chi connectivity index (χ3n) is 2.14. The molecule has 0 spiro atoms. The number of likely N-dealkylation sites (N-methyl/N-ethyl adjacent to an activating group) is 1. The van der Waals surface area contributed by atoms with E-state index >= 15 is 0 Å². The Kier molecular flexibility index (Phi) is 2.49. The van der Waals surface area contributed by atoms with Crippen molar-refractivity contribution in [3.05, 3.63) is 5.73 Å². The molecule has 0 radical (unpaired) electrons. The second-order valence-corrected chi connectivity index (χ2v) is 2.79. The van der Waals surface area contributed by atoms with E-state index in [2.05, 4.69) is 5.32 Å². The van der Waals surface area contributed by atoms with Gasteiger partial charge < -0.3 is 11.1 Å². The molecule has 2 nitrogen and oxygen atoms in total. The second kappa shape index (κ2) is 3.18. The van der Waals surface area contributed by atoms with Gasteiger partial charge in [0.25, 0.3) is 0 Å². The molecule has 0 aromatic carbocycles. The fraction of sp³-hybridized carbons (Fsp3) is 1.00. The van der Waals surface area contributed by atoms with Crippen LogP contribution in [0.25, 0.3) is 5.73 Å². The summed E-state index contributed by atoms with van der Waals surface area (Å²) in [7, 11) is 1.96. The van der Waals surface area contributed by atoms with Crippen molar-refractivity contribution < 1.29 is 0 Å². The Morgan fingerprint density at radius 3 is 2.44 bits per heavy atom. The zero-order valence-corrected chi connectivity index (χ0v) is 5.98. The lowest BCUT2D eigenvalue weighted by atomic mass is 9.91. The topological polar surface area (TPSA) is 35.8 Å². The monoisotopic (exact) mass is 127 g/mol. The maximum absolute atomic E-state index is 7.57. The molecule has 0 amide bonds. The van der Waals surface area contributed by atoms with Crippen LogP contribution in [-0.2, 0) is 0 Å². The van der Waals surface area contributed by atoms with Crippen LogP contribution in [0.2, 0.25) is 0 Å². The number of hydrogen-bond acceptors (Lipinski definition) is 1. The molecule has 1 aliphatic carbocycles. The van der Waals surface area contributed by atoms with Crippen LogP contribution in [-0.4, -0.2) is 19.1 Å². The van der Waals surface area contributed by atoms with E-state index in [1.165, 1.54) is 19.3 Å². The van der Waals surface area contributed by atoms with Gasteiger partial charge in [-0.05, 0) is 19.5 Å². The van der Waals surface area contributed by atoms with E-state index < -0.39 is 0 Å². The first kappa shape index (κ1) is 7.03. The van der Waals surface area contributed by atoms with Gasteiger partial charge in [0.15, 0.2) is 0 Å². The largest absolute Gasteiger partial charge is 0.673 e. The van der Waals surface area contributed by atoms with E-state index in [9.17, 15) is 0 Å². The normalized spacial score (nSPS) is 36.7. The summed E-state index contributed by atoms with van der Waals surface area (Å²) in [6.07, 6.45) is 4.85. The highest BCUT2D eigenvalue weighted by Crippen LogP contribution is 2.19. The maximum Gasteiger partial charge on any atom is -0.00978 e. The Morgan fingerprint density at radius 1 is 1.33 bits per heavy atom. The van der Waals surface area contributed by atoms with Crippen LogP contribution in [0, 0.1) is 0 Å². The fourth-order valence-electron chi connectivity index (χ4n) is 1.48. The third kappa shape index (κ3) is 1.66. The summed E-state index contributed by atoms with van der Waals surface area (Å²) in [6.45, 7) is 0. The summed E-state index contributed by atoms with van der Waals surface area (Å²) in [4.78, 5) is 0. The van der Waals surface area contributed by atoms with Crippen molar-refractivity contribution in [2.75, 3.05) is 7.05 Å². The minimum atomic E-state index is 0.156. The quantitative estimate of drug-likeness (QED) is 0.570. The first-order valence-corrected chi connectivity index (χ1v) is 3.73. The summed E-state index contributed by atoms with van der Waals surface area (Å²) in [5.74, 6) is 0. The van der Waals surface area contributed by atoms with Crippen molar-refractivity contribution in [2.24, 2.45) is 0 Å². The van der Waals surface area contributed by atoms with Crippen LogP contribution in [0.5, 0.6) is 0 Å². The first-order chi connectivity index (χ1) is 4.34. The first-order valence-electron chi connectivity index (χ1n) is 3.73. The van der Waals surface area contributed by atoms with Crippen LogP contribution in [0.15, 0.2) is 0 Å². The summed E-state index contributed by atoms with van der Waals surface area (Å²) in [6, 6.07) is 0.627. The van der Waals surface area contributed by atoms with Crippen LogP contribution in [0.3, 0.4) is 0 Å². The molecular formula is C7H15N2-. The molecule has 1 rings (SSSR count). The van der Waals surface area contributed by atoms with E-state index in [0.717, 1.165) is 6.42 Å². The highest BCUT2D eigenvalue weighted by atomic mass is 14.9. The Balaban J connectivity index is 2.30. The summed E-state index contributed by atoms with van der Waals surface area (Å²) in [5, 5.41) is 3.17. The SMILES string of the molecule is CN[C@H]1CCCC[C@H]1[NH-]. The van der Waals surface area contributed by atoms with Crippen LogP contribution < -0.4 is 5.32 Å². The van der Waals surface area contributed by atoms with Crippen molar-refractivity contribution in [2.45, 2.75) is 37.8 Å². The molecule has 2 atom stereocenters. The van der Waals surface area contributed by atoms with Gasteiger partial charge in [0.1, 0.15) is 0 Å². The average Bonchev–Trinajstić information content (AvgIpc) is 1.89. The van der Waals surface area contributed by atoms with E-state index in [4.69, 9.17) is 5.73 Å². The molecule has 1 fully saturated rings. The number of hydrogen-bond donors (Lipinski definition) is 1. The minimum Gasteiger partial charge on any atom is -0.673 e. The van der Waals surface area contributed by atoms with Crippen molar-refractivity contribution >= 4 is 0 Å². The van der Waals surface area contributed by atoms with Gasteiger partial charge in [-0.15, -0.1) is 6.04 Å². The highest BCUT2D eigenvalue weighted by molar-refractivity contribution is 4.89. The zero-order chi connectivity index (χ0) is 6.69.